The molecule has 1 heterocycles. The number of nitrogens with zero attached hydrogens (tertiary/aromatic N) is 1. The van der Waals surface area contributed by atoms with Gasteiger partial charge in [0.1, 0.15) is 0 Å². The molecular weight excluding hydrogens is 214 g/mol. The summed E-state index contributed by atoms with van der Waals surface area (Å²) in [5, 5.41) is 2.83. The molecule has 2 rings (SSSR count). The number of nitrogens with two attached hydrogens (primary N) is 1. The van der Waals surface area contributed by atoms with Crippen molar-refractivity contribution in [2.24, 2.45) is 5.73 Å². The SMILES string of the molecule is NCCCCc1ccccc1N1CCNC1=O. The van der Waals surface area contributed by atoms with Crippen molar-refractivity contribution in [2.75, 3.05) is 24.5 Å². The first-order valence-corrected chi connectivity index (χ1v) is 6.16. The van der Waals surface area contributed by atoms with Gasteiger partial charge in [-0.3, -0.25) is 4.90 Å². The maximum Gasteiger partial charge on any atom is 0.322 e. The van der Waals surface area contributed by atoms with Crippen LogP contribution in [0.2, 0.25) is 0 Å². The van der Waals surface area contributed by atoms with Crippen molar-refractivity contribution >= 4 is 11.7 Å². The largest absolute Gasteiger partial charge is 0.336 e. The standard InChI is InChI=1S/C13H19N3O/c14-8-4-3-6-11-5-1-2-7-12(11)16-10-9-15-13(16)17/h1-2,5,7H,3-4,6,8-10,14H2,(H,15,17). The minimum Gasteiger partial charge on any atom is -0.336 e. The maximum atomic E-state index is 11.7. The number of unbranched alkanes of at least 4 members (excludes halogenated alkanes) is 1. The number of nitrogens with one attached hydrogen (secondary N) is 1. The van der Waals surface area contributed by atoms with Crippen LogP contribution in [0.3, 0.4) is 0 Å². The normalized spacial score (nSPS) is 15.1. The number of benzene rings is 1. The average Bonchev–Trinajstić information content (AvgIpc) is 2.76. The Bertz CT molecular complexity index is 392. The van der Waals surface area contributed by atoms with Crippen LogP contribution in [-0.4, -0.2) is 25.7 Å². The summed E-state index contributed by atoms with van der Waals surface area (Å²) in [5.41, 5.74) is 7.78. The molecule has 4 heteroatoms. The van der Waals surface area contributed by atoms with Crippen LogP contribution in [0.15, 0.2) is 24.3 Å². The number of carbonyl (C=O) groups is 1. The van der Waals surface area contributed by atoms with Crippen LogP contribution in [-0.2, 0) is 6.42 Å². The number of urea groups is 1. The quantitative estimate of drug-likeness (QED) is 0.757. The first kappa shape index (κ1) is 11.9. The van der Waals surface area contributed by atoms with Gasteiger partial charge in [-0.15, -0.1) is 0 Å². The summed E-state index contributed by atoms with van der Waals surface area (Å²) in [4.78, 5) is 13.5. The van der Waals surface area contributed by atoms with Crippen molar-refractivity contribution in [1.29, 1.82) is 0 Å². The lowest BCUT2D eigenvalue weighted by Crippen LogP contribution is -2.28. The summed E-state index contributed by atoms with van der Waals surface area (Å²) in [6.45, 7) is 2.22. The lowest BCUT2D eigenvalue weighted by molar-refractivity contribution is 0.252. The predicted octanol–water partition coefficient (Wildman–Crippen LogP) is 1.50. The number of rotatable bonds is 5. The molecule has 0 aliphatic carbocycles. The second-order valence-electron chi connectivity index (χ2n) is 4.26. The molecule has 1 aliphatic rings. The molecule has 92 valence electrons. The minimum atomic E-state index is 0.0104. The molecule has 17 heavy (non-hydrogen) atoms. The summed E-state index contributed by atoms with van der Waals surface area (Å²) < 4.78 is 0. The maximum absolute atomic E-state index is 11.7. The summed E-state index contributed by atoms with van der Waals surface area (Å²) >= 11 is 0. The summed E-state index contributed by atoms with van der Waals surface area (Å²) in [6.07, 6.45) is 3.08. The molecule has 1 aromatic carbocycles. The summed E-state index contributed by atoms with van der Waals surface area (Å²) in [6, 6.07) is 8.12. The third kappa shape index (κ3) is 2.77. The second kappa shape index (κ2) is 5.68. The molecular formula is C13H19N3O. The van der Waals surface area contributed by atoms with Crippen molar-refractivity contribution in [3.63, 3.8) is 0 Å². The fraction of sp³-hybridized carbons (Fsp3) is 0.462. The fourth-order valence-corrected chi connectivity index (χ4v) is 2.15. The first-order valence-electron chi connectivity index (χ1n) is 6.16. The number of anilines is 1. The van der Waals surface area contributed by atoms with Crippen LogP contribution < -0.4 is 16.0 Å². The highest BCUT2D eigenvalue weighted by Crippen LogP contribution is 2.23. The first-order chi connectivity index (χ1) is 8.33. The van der Waals surface area contributed by atoms with E-state index in [0.29, 0.717) is 0 Å². The number of hydrogen-bond acceptors (Lipinski definition) is 2. The molecule has 3 N–H and O–H groups in total. The lowest BCUT2D eigenvalue weighted by Gasteiger charge is -2.18. The van der Waals surface area contributed by atoms with E-state index in [9.17, 15) is 4.79 Å². The zero-order valence-electron chi connectivity index (χ0n) is 9.98. The van der Waals surface area contributed by atoms with Gasteiger partial charge in [-0.1, -0.05) is 18.2 Å². The molecule has 0 saturated carbocycles. The van der Waals surface area contributed by atoms with Crippen LogP contribution in [0, 0.1) is 0 Å². The Morgan fingerprint density at radius 2 is 2.12 bits per heavy atom. The van der Waals surface area contributed by atoms with Crippen molar-refractivity contribution < 1.29 is 4.79 Å². The molecule has 1 aliphatic heterocycles. The number of amides is 2. The monoisotopic (exact) mass is 233 g/mol. The van der Waals surface area contributed by atoms with E-state index in [2.05, 4.69) is 11.4 Å². The van der Waals surface area contributed by atoms with Crippen LogP contribution in [0.1, 0.15) is 18.4 Å². The number of carbonyl (C=O) groups excluding carboxylic acids is 1. The van der Waals surface area contributed by atoms with Crippen molar-refractivity contribution in [2.45, 2.75) is 19.3 Å². The van der Waals surface area contributed by atoms with Crippen molar-refractivity contribution in [1.82, 2.24) is 5.32 Å². The predicted molar refractivity (Wildman–Crippen MR) is 69.2 cm³/mol. The minimum absolute atomic E-state index is 0.0104. The Kier molecular flexibility index (Phi) is 3.98. The summed E-state index contributed by atoms with van der Waals surface area (Å²) in [7, 11) is 0. The second-order valence-corrected chi connectivity index (χ2v) is 4.26. The molecule has 0 radical (unpaired) electrons. The van der Waals surface area contributed by atoms with Crippen LogP contribution in [0.5, 0.6) is 0 Å². The van der Waals surface area contributed by atoms with E-state index in [1.165, 1.54) is 5.56 Å². The number of hydrogen-bond donors (Lipinski definition) is 2. The van der Waals surface area contributed by atoms with E-state index < -0.39 is 0 Å². The van der Waals surface area contributed by atoms with Gasteiger partial charge in [0, 0.05) is 18.8 Å². The number of para-hydroxylation sites is 1. The average molecular weight is 233 g/mol. The topological polar surface area (TPSA) is 58.4 Å². The van der Waals surface area contributed by atoms with Gasteiger partial charge in [0.15, 0.2) is 0 Å². The summed E-state index contributed by atoms with van der Waals surface area (Å²) in [5.74, 6) is 0. The van der Waals surface area contributed by atoms with Crippen LogP contribution in [0.25, 0.3) is 0 Å². The van der Waals surface area contributed by atoms with E-state index in [0.717, 1.165) is 44.6 Å². The Balaban J connectivity index is 2.12. The molecule has 0 atom stereocenters. The fourth-order valence-electron chi connectivity index (χ4n) is 2.15. The van der Waals surface area contributed by atoms with Gasteiger partial charge in [-0.05, 0) is 37.4 Å². The third-order valence-electron chi connectivity index (χ3n) is 3.04. The molecule has 0 bridgehead atoms. The Labute approximate surface area is 102 Å². The molecule has 1 fully saturated rings. The lowest BCUT2D eigenvalue weighted by atomic mass is 10.1. The van der Waals surface area contributed by atoms with E-state index in [1.54, 1.807) is 0 Å². The van der Waals surface area contributed by atoms with E-state index in [4.69, 9.17) is 5.73 Å². The smallest absolute Gasteiger partial charge is 0.322 e. The molecule has 0 aromatic heterocycles. The molecule has 0 spiro atoms. The van der Waals surface area contributed by atoms with E-state index in [1.807, 2.05) is 23.1 Å². The van der Waals surface area contributed by atoms with Gasteiger partial charge in [0.2, 0.25) is 0 Å². The van der Waals surface area contributed by atoms with Gasteiger partial charge in [-0.2, -0.15) is 0 Å². The zero-order chi connectivity index (χ0) is 12.1. The molecule has 1 aromatic rings. The molecule has 4 nitrogen and oxygen atoms in total. The Morgan fingerprint density at radius 1 is 1.29 bits per heavy atom. The van der Waals surface area contributed by atoms with Gasteiger partial charge in [0.05, 0.1) is 0 Å². The van der Waals surface area contributed by atoms with Crippen LogP contribution >= 0.6 is 0 Å². The molecule has 0 unspecified atom stereocenters. The highest BCUT2D eigenvalue weighted by atomic mass is 16.2. The molecule has 2 amide bonds. The highest BCUT2D eigenvalue weighted by Gasteiger charge is 2.22. The third-order valence-corrected chi connectivity index (χ3v) is 3.04. The Morgan fingerprint density at radius 3 is 2.82 bits per heavy atom. The van der Waals surface area contributed by atoms with E-state index >= 15 is 0 Å². The van der Waals surface area contributed by atoms with Crippen molar-refractivity contribution in [3.05, 3.63) is 29.8 Å². The van der Waals surface area contributed by atoms with Crippen molar-refractivity contribution in [3.8, 4) is 0 Å². The number of aryl methyl sites for hydroxylation is 1. The zero-order valence-corrected chi connectivity index (χ0v) is 9.98. The molecule has 1 saturated heterocycles. The van der Waals surface area contributed by atoms with E-state index in [-0.39, 0.29) is 6.03 Å². The van der Waals surface area contributed by atoms with Gasteiger partial charge >= 0.3 is 6.03 Å². The Hall–Kier alpha value is -1.55. The van der Waals surface area contributed by atoms with Gasteiger partial charge in [-0.25, -0.2) is 4.79 Å². The van der Waals surface area contributed by atoms with Gasteiger partial charge in [0.25, 0.3) is 0 Å². The highest BCUT2D eigenvalue weighted by molar-refractivity contribution is 5.94. The van der Waals surface area contributed by atoms with Gasteiger partial charge < -0.3 is 11.1 Å². The van der Waals surface area contributed by atoms with Crippen LogP contribution in [0.4, 0.5) is 10.5 Å².